The van der Waals surface area contributed by atoms with Crippen LogP contribution in [0.2, 0.25) is 0 Å². The molecule has 1 N–H and O–H groups in total. The Morgan fingerprint density at radius 3 is 2.86 bits per heavy atom. The van der Waals surface area contributed by atoms with Crippen molar-refractivity contribution in [3.63, 3.8) is 0 Å². The van der Waals surface area contributed by atoms with Crippen LogP contribution in [0.4, 0.5) is 14.5 Å². The van der Waals surface area contributed by atoms with Gasteiger partial charge in [0.2, 0.25) is 0 Å². The molecule has 1 heterocycles. The molecule has 6 heteroatoms. The quantitative estimate of drug-likeness (QED) is 0.735. The Kier molecular flexibility index (Phi) is 1.77. The number of nitrogens with one attached hydrogen (secondary N) is 1. The fraction of sp³-hybridized carbons (Fsp3) is 0.125. The van der Waals surface area contributed by atoms with Crippen molar-refractivity contribution in [2.75, 3.05) is 5.32 Å². The minimum Gasteiger partial charge on any atom is -0.395 e. The molecule has 1 aliphatic rings. The van der Waals surface area contributed by atoms with E-state index in [9.17, 15) is 13.6 Å². The Balaban J connectivity index is 2.41. The minimum atomic E-state index is -3.68. The number of rotatable bonds is 2. The second-order valence-electron chi connectivity index (χ2n) is 2.53. The molecule has 1 aromatic rings. The van der Waals surface area contributed by atoms with Crippen molar-refractivity contribution in [2.45, 2.75) is 6.29 Å². The van der Waals surface area contributed by atoms with E-state index in [2.05, 4.69) is 14.8 Å². The van der Waals surface area contributed by atoms with Crippen LogP contribution in [-0.4, -0.2) is 12.7 Å². The summed E-state index contributed by atoms with van der Waals surface area (Å²) in [4.78, 5) is 10.0. The molecule has 0 fully saturated rings. The van der Waals surface area contributed by atoms with E-state index in [1.807, 2.05) is 0 Å². The molecule has 1 radical (unpaired) electrons. The molecule has 14 heavy (non-hydrogen) atoms. The van der Waals surface area contributed by atoms with Gasteiger partial charge in [0.15, 0.2) is 11.5 Å². The van der Waals surface area contributed by atoms with Gasteiger partial charge < -0.3 is 14.8 Å². The standard InChI is InChI=1S/C8H4F2NO3/c9-8(10)13-6-3-1-2-5(11-4-12)7(6)14-8/h1-3H,(H,11,12). The number of para-hydroxylation sites is 1. The van der Waals surface area contributed by atoms with Crippen LogP contribution in [0.25, 0.3) is 0 Å². The van der Waals surface area contributed by atoms with Gasteiger partial charge in [0.1, 0.15) is 0 Å². The average Bonchev–Trinajstić information content (AvgIpc) is 2.41. The number of carbonyl (C=O) groups excluding carboxylic acids is 1. The molecule has 4 nitrogen and oxygen atoms in total. The van der Waals surface area contributed by atoms with E-state index in [1.54, 1.807) is 0 Å². The molecule has 1 aromatic carbocycles. The summed E-state index contributed by atoms with van der Waals surface area (Å²) in [5.41, 5.74) is 0.0923. The van der Waals surface area contributed by atoms with Gasteiger partial charge in [-0.3, -0.25) is 4.79 Å². The van der Waals surface area contributed by atoms with Crippen LogP contribution >= 0.6 is 0 Å². The highest BCUT2D eigenvalue weighted by atomic mass is 19.3. The maximum Gasteiger partial charge on any atom is 0.586 e. The fourth-order valence-electron chi connectivity index (χ4n) is 1.12. The molecule has 0 atom stereocenters. The molecule has 0 saturated heterocycles. The van der Waals surface area contributed by atoms with Gasteiger partial charge >= 0.3 is 12.7 Å². The minimum absolute atomic E-state index is 0.0923. The molecular formula is C8H4F2NO3. The number of ether oxygens (including phenoxy) is 2. The van der Waals surface area contributed by atoms with Crippen molar-refractivity contribution >= 4 is 12.1 Å². The van der Waals surface area contributed by atoms with Gasteiger partial charge in [-0.25, -0.2) is 0 Å². The second kappa shape index (κ2) is 2.83. The van der Waals surface area contributed by atoms with Crippen molar-refractivity contribution < 1.29 is 23.0 Å². The summed E-state index contributed by atoms with van der Waals surface area (Å²) in [6.07, 6.45) is -2.32. The first-order valence-electron chi connectivity index (χ1n) is 3.64. The van der Waals surface area contributed by atoms with Crippen LogP contribution in [0.1, 0.15) is 0 Å². The van der Waals surface area contributed by atoms with E-state index >= 15 is 0 Å². The highest BCUT2D eigenvalue weighted by Gasteiger charge is 2.44. The van der Waals surface area contributed by atoms with Crippen LogP contribution in [0.3, 0.4) is 0 Å². The SMILES string of the molecule is O=[C]Nc1cccc2c1OC(F)(F)O2. The largest absolute Gasteiger partial charge is 0.586 e. The lowest BCUT2D eigenvalue weighted by Crippen LogP contribution is -2.26. The number of hydrogen-bond donors (Lipinski definition) is 1. The van der Waals surface area contributed by atoms with Gasteiger partial charge in [0, 0.05) is 0 Å². The maximum atomic E-state index is 12.6. The van der Waals surface area contributed by atoms with E-state index in [1.165, 1.54) is 24.6 Å². The predicted molar refractivity (Wildman–Crippen MR) is 42.0 cm³/mol. The molecule has 1 amide bonds. The summed E-state index contributed by atoms with van der Waals surface area (Å²) in [6, 6.07) is 4.16. The van der Waals surface area contributed by atoms with E-state index in [0.717, 1.165) is 0 Å². The number of hydrogen-bond acceptors (Lipinski definition) is 3. The van der Waals surface area contributed by atoms with Gasteiger partial charge in [0.05, 0.1) is 5.69 Å². The van der Waals surface area contributed by atoms with Crippen LogP contribution in [0.15, 0.2) is 18.2 Å². The third-order valence-corrected chi connectivity index (χ3v) is 1.61. The number of alkyl halides is 2. The van der Waals surface area contributed by atoms with Crippen LogP contribution in [0.5, 0.6) is 11.5 Å². The van der Waals surface area contributed by atoms with E-state index in [-0.39, 0.29) is 17.2 Å². The molecule has 0 aromatic heterocycles. The van der Waals surface area contributed by atoms with Crippen molar-refractivity contribution in [1.29, 1.82) is 0 Å². The van der Waals surface area contributed by atoms with Crippen molar-refractivity contribution in [3.8, 4) is 11.5 Å². The highest BCUT2D eigenvalue weighted by molar-refractivity contribution is 5.78. The molecule has 0 unspecified atom stereocenters. The predicted octanol–water partition coefficient (Wildman–Crippen LogP) is 1.49. The molecule has 0 bridgehead atoms. The lowest BCUT2D eigenvalue weighted by molar-refractivity contribution is -0.286. The lowest BCUT2D eigenvalue weighted by Gasteiger charge is -2.05. The third kappa shape index (κ3) is 1.34. The summed E-state index contributed by atoms with van der Waals surface area (Å²) >= 11 is 0. The number of amides is 1. The zero-order valence-corrected chi connectivity index (χ0v) is 6.71. The lowest BCUT2D eigenvalue weighted by atomic mass is 10.3. The topological polar surface area (TPSA) is 47.6 Å². The number of halogens is 2. The average molecular weight is 200 g/mol. The first-order chi connectivity index (χ1) is 6.62. The van der Waals surface area contributed by atoms with E-state index < -0.39 is 6.29 Å². The molecule has 2 rings (SSSR count). The van der Waals surface area contributed by atoms with Crippen molar-refractivity contribution in [2.24, 2.45) is 0 Å². The summed E-state index contributed by atoms with van der Waals surface area (Å²) in [5.74, 6) is -0.309. The summed E-state index contributed by atoms with van der Waals surface area (Å²) < 4.78 is 33.5. The van der Waals surface area contributed by atoms with Crippen LogP contribution in [0, 0.1) is 0 Å². The Hall–Kier alpha value is -1.85. The number of fused-ring (bicyclic) bond motifs is 1. The number of anilines is 1. The Morgan fingerprint density at radius 2 is 2.14 bits per heavy atom. The smallest absolute Gasteiger partial charge is 0.395 e. The molecular weight excluding hydrogens is 196 g/mol. The summed E-state index contributed by atoms with van der Waals surface area (Å²) in [7, 11) is 0. The Labute approximate surface area is 77.4 Å². The Morgan fingerprint density at radius 1 is 1.36 bits per heavy atom. The molecule has 0 spiro atoms. The first-order valence-corrected chi connectivity index (χ1v) is 3.64. The zero-order chi connectivity index (χ0) is 10.2. The normalized spacial score (nSPS) is 16.4. The first kappa shape index (κ1) is 8.74. The molecule has 73 valence electrons. The maximum absolute atomic E-state index is 12.6. The van der Waals surface area contributed by atoms with Crippen molar-refractivity contribution in [1.82, 2.24) is 0 Å². The fourth-order valence-corrected chi connectivity index (χ4v) is 1.12. The van der Waals surface area contributed by atoms with E-state index in [4.69, 9.17) is 0 Å². The number of benzene rings is 1. The van der Waals surface area contributed by atoms with Gasteiger partial charge in [-0.15, -0.1) is 8.78 Å². The van der Waals surface area contributed by atoms with Crippen LogP contribution in [-0.2, 0) is 4.79 Å². The second-order valence-corrected chi connectivity index (χ2v) is 2.53. The molecule has 0 saturated carbocycles. The summed E-state index contributed by atoms with van der Waals surface area (Å²) in [6.45, 7) is 0. The summed E-state index contributed by atoms with van der Waals surface area (Å²) in [5, 5.41) is 2.10. The monoisotopic (exact) mass is 200 g/mol. The van der Waals surface area contributed by atoms with Crippen molar-refractivity contribution in [3.05, 3.63) is 18.2 Å². The third-order valence-electron chi connectivity index (χ3n) is 1.61. The molecule has 1 aliphatic heterocycles. The highest BCUT2D eigenvalue weighted by Crippen LogP contribution is 2.45. The van der Waals surface area contributed by atoms with Gasteiger partial charge in [-0.05, 0) is 12.1 Å². The molecule has 0 aliphatic carbocycles. The van der Waals surface area contributed by atoms with Gasteiger partial charge in [-0.1, -0.05) is 6.07 Å². The van der Waals surface area contributed by atoms with Gasteiger partial charge in [0.25, 0.3) is 0 Å². The van der Waals surface area contributed by atoms with Crippen LogP contribution < -0.4 is 14.8 Å². The van der Waals surface area contributed by atoms with Gasteiger partial charge in [-0.2, -0.15) is 0 Å². The Bertz CT molecular complexity index is 381. The van der Waals surface area contributed by atoms with E-state index in [0.29, 0.717) is 0 Å². The zero-order valence-electron chi connectivity index (χ0n) is 6.71.